The number of nitrogens with one attached hydrogen (secondary N) is 1. The van der Waals surface area contributed by atoms with Crippen molar-refractivity contribution in [3.05, 3.63) is 111 Å². The van der Waals surface area contributed by atoms with Gasteiger partial charge < -0.3 is 10.1 Å². The molecule has 0 fully saturated rings. The minimum Gasteiger partial charge on any atom is -0.489 e. The molecule has 0 unspecified atom stereocenters. The van der Waals surface area contributed by atoms with Gasteiger partial charge in [0.25, 0.3) is 5.91 Å². The van der Waals surface area contributed by atoms with Gasteiger partial charge in [0.15, 0.2) is 5.82 Å². The topological polar surface area (TPSA) is 56.1 Å². The molecule has 4 aromatic rings. The van der Waals surface area contributed by atoms with Crippen LogP contribution >= 0.6 is 23.2 Å². The number of halogens is 2. The molecule has 7 heteroatoms. The summed E-state index contributed by atoms with van der Waals surface area (Å²) in [5, 5.41) is 8.41. The van der Waals surface area contributed by atoms with Gasteiger partial charge in [0.05, 0.1) is 6.54 Å². The van der Waals surface area contributed by atoms with Gasteiger partial charge in [0, 0.05) is 27.9 Å². The second kappa shape index (κ2) is 10.6. The van der Waals surface area contributed by atoms with Crippen LogP contribution in [0.4, 0.5) is 5.82 Å². The minimum absolute atomic E-state index is 0.237. The maximum atomic E-state index is 12.7. The molecule has 1 N–H and O–H groups in total. The highest BCUT2D eigenvalue weighted by molar-refractivity contribution is 6.35. The number of benzene rings is 3. The van der Waals surface area contributed by atoms with Gasteiger partial charge in [-0.25, -0.2) is 0 Å². The molecule has 1 heterocycles. The van der Waals surface area contributed by atoms with E-state index in [1.54, 1.807) is 35.1 Å². The predicted octanol–water partition coefficient (Wildman–Crippen LogP) is 6.63. The highest BCUT2D eigenvalue weighted by atomic mass is 35.5. The lowest BCUT2D eigenvalue weighted by Crippen LogP contribution is -2.13. The Labute approximate surface area is 202 Å². The first-order valence-corrected chi connectivity index (χ1v) is 11.3. The standard InChI is InChI=1S/C26H23Cl2N3O2/c1-2-18-6-10-23(11-7-18)33-17-19-4-3-5-20(14-19)26(32)29-25-12-13-31(30-25)16-21-8-9-22(27)15-24(21)28/h3-15H,2,16-17H2,1H3,(H,29,30,32). The van der Waals surface area contributed by atoms with Crippen LogP contribution in [0.15, 0.2) is 79.0 Å². The van der Waals surface area contributed by atoms with Gasteiger partial charge in [-0.05, 0) is 59.5 Å². The summed E-state index contributed by atoms with van der Waals surface area (Å²) in [5.74, 6) is 1.02. The van der Waals surface area contributed by atoms with Gasteiger partial charge in [0.2, 0.25) is 0 Å². The van der Waals surface area contributed by atoms with Crippen LogP contribution in [0.1, 0.15) is 34.0 Å². The van der Waals surface area contributed by atoms with Crippen molar-refractivity contribution in [2.24, 2.45) is 0 Å². The van der Waals surface area contributed by atoms with Crippen molar-refractivity contribution in [3.8, 4) is 5.75 Å². The zero-order chi connectivity index (χ0) is 23.2. The average Bonchev–Trinajstić information content (AvgIpc) is 3.27. The fourth-order valence-corrected chi connectivity index (χ4v) is 3.79. The molecule has 5 nitrogen and oxygen atoms in total. The molecule has 168 valence electrons. The fraction of sp³-hybridized carbons (Fsp3) is 0.154. The summed E-state index contributed by atoms with van der Waals surface area (Å²) in [6.45, 7) is 2.97. The lowest BCUT2D eigenvalue weighted by Gasteiger charge is -2.09. The maximum absolute atomic E-state index is 12.7. The molecule has 0 aliphatic carbocycles. The smallest absolute Gasteiger partial charge is 0.256 e. The zero-order valence-corrected chi connectivity index (χ0v) is 19.6. The van der Waals surface area contributed by atoms with Gasteiger partial charge in [-0.2, -0.15) is 5.10 Å². The Balaban J connectivity index is 1.36. The van der Waals surface area contributed by atoms with Crippen LogP contribution in [0.3, 0.4) is 0 Å². The molecule has 0 spiro atoms. The number of amides is 1. The molecule has 0 bridgehead atoms. The summed E-state index contributed by atoms with van der Waals surface area (Å²) >= 11 is 12.2. The van der Waals surface area contributed by atoms with Crippen molar-refractivity contribution in [3.63, 3.8) is 0 Å². The molecule has 0 aliphatic rings. The molecule has 0 aliphatic heterocycles. The van der Waals surface area contributed by atoms with Gasteiger partial charge in [-0.1, -0.05) is 60.5 Å². The van der Waals surface area contributed by atoms with E-state index in [-0.39, 0.29) is 5.91 Å². The summed E-state index contributed by atoms with van der Waals surface area (Å²) in [6.07, 6.45) is 2.78. The Morgan fingerprint density at radius 1 is 1.00 bits per heavy atom. The van der Waals surface area contributed by atoms with Crippen molar-refractivity contribution in [2.45, 2.75) is 26.5 Å². The van der Waals surface area contributed by atoms with E-state index >= 15 is 0 Å². The average molecular weight is 480 g/mol. The molecule has 3 aromatic carbocycles. The number of aromatic nitrogens is 2. The molecule has 33 heavy (non-hydrogen) atoms. The highest BCUT2D eigenvalue weighted by Gasteiger charge is 2.10. The van der Waals surface area contributed by atoms with Crippen LogP contribution in [0.5, 0.6) is 5.75 Å². The lowest BCUT2D eigenvalue weighted by atomic mass is 10.1. The van der Waals surface area contributed by atoms with E-state index < -0.39 is 0 Å². The van der Waals surface area contributed by atoms with Crippen molar-refractivity contribution >= 4 is 34.9 Å². The Morgan fingerprint density at radius 3 is 2.58 bits per heavy atom. The number of anilines is 1. The second-order valence-electron chi connectivity index (χ2n) is 7.57. The molecule has 1 amide bonds. The summed E-state index contributed by atoms with van der Waals surface area (Å²) in [5.41, 5.74) is 3.59. The number of aryl methyl sites for hydroxylation is 1. The predicted molar refractivity (Wildman–Crippen MR) is 132 cm³/mol. The van der Waals surface area contributed by atoms with Crippen LogP contribution in [0.2, 0.25) is 10.0 Å². The molecule has 4 rings (SSSR count). The quantitative estimate of drug-likeness (QED) is 0.308. The van der Waals surface area contributed by atoms with E-state index in [1.165, 1.54) is 5.56 Å². The minimum atomic E-state index is -0.237. The number of hydrogen-bond acceptors (Lipinski definition) is 3. The first kappa shape index (κ1) is 22.9. The Bertz CT molecular complexity index is 1250. The Hall–Kier alpha value is -3.28. The normalized spacial score (nSPS) is 10.8. The molecule has 0 saturated heterocycles. The summed E-state index contributed by atoms with van der Waals surface area (Å²) in [6, 6.07) is 22.5. The second-order valence-corrected chi connectivity index (χ2v) is 8.42. The fourth-order valence-electron chi connectivity index (χ4n) is 3.32. The van der Waals surface area contributed by atoms with Gasteiger partial charge in [-0.3, -0.25) is 9.48 Å². The van der Waals surface area contributed by atoms with Crippen molar-refractivity contribution in [2.75, 3.05) is 5.32 Å². The molecule has 0 saturated carbocycles. The largest absolute Gasteiger partial charge is 0.489 e. The number of ether oxygens (including phenoxy) is 1. The first-order chi connectivity index (χ1) is 16.0. The van der Waals surface area contributed by atoms with Crippen molar-refractivity contribution in [1.82, 2.24) is 9.78 Å². The summed E-state index contributed by atoms with van der Waals surface area (Å²) in [4.78, 5) is 12.7. The summed E-state index contributed by atoms with van der Waals surface area (Å²) in [7, 11) is 0. The van der Waals surface area contributed by atoms with Gasteiger partial charge in [0.1, 0.15) is 12.4 Å². The van der Waals surface area contributed by atoms with E-state index in [0.717, 1.165) is 23.3 Å². The lowest BCUT2D eigenvalue weighted by molar-refractivity contribution is 0.102. The first-order valence-electron chi connectivity index (χ1n) is 10.6. The van der Waals surface area contributed by atoms with Crippen LogP contribution in [0, 0.1) is 0 Å². The molecular weight excluding hydrogens is 457 g/mol. The van der Waals surface area contributed by atoms with Crippen LogP contribution < -0.4 is 10.1 Å². The van der Waals surface area contributed by atoms with E-state index in [4.69, 9.17) is 27.9 Å². The summed E-state index contributed by atoms with van der Waals surface area (Å²) < 4.78 is 7.56. The number of hydrogen-bond donors (Lipinski definition) is 1. The van der Waals surface area contributed by atoms with Crippen LogP contribution in [0.25, 0.3) is 0 Å². The number of rotatable bonds is 8. The third-order valence-electron chi connectivity index (χ3n) is 5.16. The third kappa shape index (κ3) is 6.15. The van der Waals surface area contributed by atoms with Crippen LogP contribution in [-0.2, 0) is 19.6 Å². The molecule has 1 aromatic heterocycles. The van der Waals surface area contributed by atoms with E-state index in [1.807, 2.05) is 36.4 Å². The van der Waals surface area contributed by atoms with Crippen molar-refractivity contribution in [1.29, 1.82) is 0 Å². The Morgan fingerprint density at radius 2 is 1.82 bits per heavy atom. The molecule has 0 radical (unpaired) electrons. The van der Waals surface area contributed by atoms with E-state index in [2.05, 4.69) is 29.5 Å². The molecular formula is C26H23Cl2N3O2. The SMILES string of the molecule is CCc1ccc(OCc2cccc(C(=O)Nc3ccn(Cc4ccc(Cl)cc4Cl)n3)c2)cc1. The van der Waals surface area contributed by atoms with Gasteiger partial charge in [-0.15, -0.1) is 0 Å². The zero-order valence-electron chi connectivity index (χ0n) is 18.1. The van der Waals surface area contributed by atoms with E-state index in [9.17, 15) is 4.79 Å². The monoisotopic (exact) mass is 479 g/mol. The van der Waals surface area contributed by atoms with E-state index in [0.29, 0.717) is 34.6 Å². The molecule has 0 atom stereocenters. The van der Waals surface area contributed by atoms with Crippen molar-refractivity contribution < 1.29 is 9.53 Å². The Kier molecular flexibility index (Phi) is 7.33. The van der Waals surface area contributed by atoms with Crippen LogP contribution in [-0.4, -0.2) is 15.7 Å². The number of carbonyl (C=O) groups is 1. The third-order valence-corrected chi connectivity index (χ3v) is 5.74. The number of nitrogens with zero attached hydrogens (tertiary/aromatic N) is 2. The van der Waals surface area contributed by atoms with Gasteiger partial charge >= 0.3 is 0 Å². The number of carbonyl (C=O) groups excluding carboxylic acids is 1. The maximum Gasteiger partial charge on any atom is 0.256 e. The highest BCUT2D eigenvalue weighted by Crippen LogP contribution is 2.22.